The molecule has 3 aliphatic carbocycles. The summed E-state index contributed by atoms with van der Waals surface area (Å²) in [6.07, 6.45) is 10.2. The molecular weight excluding hydrogens is 404 g/mol. The highest BCUT2D eigenvalue weighted by molar-refractivity contribution is 7.87. The average Bonchev–Trinajstić information content (AvgIpc) is 3.08. The highest BCUT2D eigenvalue weighted by atomic mass is 32.2. The first kappa shape index (κ1) is 19.1. The molecule has 8 heteroatoms. The third-order valence-corrected chi connectivity index (χ3v) is 9.23. The summed E-state index contributed by atoms with van der Waals surface area (Å²) in [4.78, 5) is 14.0. The first-order valence-corrected chi connectivity index (χ1v) is 12.1. The Kier molecular flexibility index (Phi) is 5.09. The van der Waals surface area contributed by atoms with E-state index in [0.717, 1.165) is 37.5 Å². The van der Waals surface area contributed by atoms with Gasteiger partial charge < -0.3 is 10.5 Å². The standard InChI is InChI=1S/C21H24N4O2S2/c1-27-4-5-29(26)21-19(22)18-16(15-3-2-12-6-13(15)7-12)8-17(25-20(18)28-21)14-9-23-11-24-10-14/h8-13,15H,2-7,22H2,1H3. The third-order valence-electron chi connectivity index (χ3n) is 6.36. The molecule has 29 heavy (non-hydrogen) atoms. The summed E-state index contributed by atoms with van der Waals surface area (Å²) in [6.45, 7) is 0.444. The highest BCUT2D eigenvalue weighted by Crippen LogP contribution is 2.55. The quantitative estimate of drug-likeness (QED) is 0.638. The van der Waals surface area contributed by atoms with Crippen LogP contribution in [0.4, 0.5) is 5.69 Å². The SMILES string of the molecule is COCCS(=O)c1sc2nc(-c3cncnc3)cc(C3CCC4CC3C4)c2c1N. The minimum absolute atomic E-state index is 0.440. The fraction of sp³-hybridized carbons (Fsp3) is 0.476. The second kappa shape index (κ2) is 7.74. The van der Waals surface area contributed by atoms with Gasteiger partial charge >= 0.3 is 0 Å². The van der Waals surface area contributed by atoms with E-state index < -0.39 is 10.8 Å². The van der Waals surface area contributed by atoms with Crippen LogP contribution in [0.3, 0.4) is 0 Å². The molecule has 3 aromatic rings. The second-order valence-corrected chi connectivity index (χ2v) is 10.8. The van der Waals surface area contributed by atoms with Crippen LogP contribution in [-0.2, 0) is 15.5 Å². The number of pyridine rings is 1. The van der Waals surface area contributed by atoms with Crippen LogP contribution >= 0.6 is 11.3 Å². The van der Waals surface area contributed by atoms with Crippen molar-refractivity contribution in [3.63, 3.8) is 0 Å². The molecule has 152 valence electrons. The van der Waals surface area contributed by atoms with Gasteiger partial charge in [-0.15, -0.1) is 11.3 Å². The largest absolute Gasteiger partial charge is 0.396 e. The number of nitrogens with two attached hydrogens (primary N) is 1. The molecule has 2 unspecified atom stereocenters. The van der Waals surface area contributed by atoms with Crippen molar-refractivity contribution in [1.82, 2.24) is 15.0 Å². The van der Waals surface area contributed by atoms with Gasteiger partial charge in [0.2, 0.25) is 0 Å². The van der Waals surface area contributed by atoms with Gasteiger partial charge in [-0.2, -0.15) is 0 Å². The summed E-state index contributed by atoms with van der Waals surface area (Å²) in [6, 6.07) is 2.18. The van der Waals surface area contributed by atoms with Crippen LogP contribution in [0.1, 0.15) is 37.2 Å². The summed E-state index contributed by atoms with van der Waals surface area (Å²) >= 11 is 1.45. The lowest BCUT2D eigenvalue weighted by Gasteiger charge is -2.47. The van der Waals surface area contributed by atoms with Crippen molar-refractivity contribution in [2.45, 2.75) is 35.8 Å². The maximum absolute atomic E-state index is 12.8. The number of ether oxygens (including phenoxy) is 1. The molecule has 0 radical (unpaired) electrons. The van der Waals surface area contributed by atoms with Gasteiger partial charge in [-0.1, -0.05) is 0 Å². The lowest BCUT2D eigenvalue weighted by atomic mass is 9.58. The molecule has 3 heterocycles. The molecule has 0 amide bonds. The van der Waals surface area contributed by atoms with Gasteiger partial charge in [-0.3, -0.25) is 4.21 Å². The maximum atomic E-state index is 12.8. The molecule has 0 spiro atoms. The topological polar surface area (TPSA) is 91.0 Å². The van der Waals surface area contributed by atoms with Gasteiger partial charge in [-0.05, 0) is 55.1 Å². The Morgan fingerprint density at radius 3 is 2.76 bits per heavy atom. The molecule has 3 aliphatic rings. The van der Waals surface area contributed by atoms with Crippen LogP contribution in [0.5, 0.6) is 0 Å². The average molecular weight is 429 g/mol. The van der Waals surface area contributed by atoms with Crippen LogP contribution in [0, 0.1) is 11.8 Å². The van der Waals surface area contributed by atoms with Crippen molar-refractivity contribution in [3.8, 4) is 11.3 Å². The molecule has 3 fully saturated rings. The van der Waals surface area contributed by atoms with Crippen LogP contribution in [0.15, 0.2) is 29.0 Å². The lowest BCUT2D eigenvalue weighted by molar-refractivity contribution is 0.0896. The Hall–Kier alpha value is -1.90. The minimum atomic E-state index is -1.19. The van der Waals surface area contributed by atoms with E-state index in [9.17, 15) is 4.21 Å². The summed E-state index contributed by atoms with van der Waals surface area (Å²) in [5.74, 6) is 2.56. The Balaban J connectivity index is 1.66. The number of anilines is 1. The van der Waals surface area contributed by atoms with Crippen molar-refractivity contribution < 1.29 is 8.95 Å². The summed E-state index contributed by atoms with van der Waals surface area (Å²) in [7, 11) is 0.432. The van der Waals surface area contributed by atoms with Crippen LogP contribution in [0.25, 0.3) is 21.5 Å². The molecule has 0 saturated heterocycles. The number of nitrogen functional groups attached to an aromatic ring is 1. The Bertz CT molecular complexity index is 1060. The van der Waals surface area contributed by atoms with Gasteiger partial charge in [0.1, 0.15) is 15.4 Å². The van der Waals surface area contributed by atoms with E-state index in [2.05, 4.69) is 16.0 Å². The number of hydrogen-bond acceptors (Lipinski definition) is 7. The Morgan fingerprint density at radius 2 is 2.07 bits per heavy atom. The fourth-order valence-corrected chi connectivity index (χ4v) is 7.41. The molecule has 6 rings (SSSR count). The van der Waals surface area contributed by atoms with Crippen LogP contribution < -0.4 is 5.73 Å². The van der Waals surface area contributed by atoms with E-state index in [1.165, 1.54) is 48.9 Å². The molecule has 2 N–H and O–H groups in total. The van der Waals surface area contributed by atoms with E-state index in [1.54, 1.807) is 19.5 Å². The van der Waals surface area contributed by atoms with E-state index >= 15 is 0 Å². The first-order chi connectivity index (χ1) is 14.2. The van der Waals surface area contributed by atoms with Gasteiger partial charge in [-0.25, -0.2) is 15.0 Å². The number of rotatable bonds is 6. The number of methoxy groups -OCH3 is 1. The number of nitrogens with zero attached hydrogens (tertiary/aromatic N) is 3. The zero-order valence-corrected chi connectivity index (χ0v) is 18.0. The summed E-state index contributed by atoms with van der Waals surface area (Å²) < 4.78 is 18.6. The second-order valence-electron chi connectivity index (χ2n) is 8.03. The van der Waals surface area contributed by atoms with Crippen LogP contribution in [-0.4, -0.2) is 38.6 Å². The van der Waals surface area contributed by atoms with Crippen molar-refractivity contribution in [1.29, 1.82) is 0 Å². The number of hydrogen-bond donors (Lipinski definition) is 1. The summed E-state index contributed by atoms with van der Waals surface area (Å²) in [5, 5.41) is 1.01. The zero-order chi connectivity index (χ0) is 20.0. The molecule has 2 atom stereocenters. The van der Waals surface area contributed by atoms with Gasteiger partial charge in [0.25, 0.3) is 0 Å². The summed E-state index contributed by atoms with van der Waals surface area (Å²) in [5.41, 5.74) is 10.2. The van der Waals surface area contributed by atoms with E-state index in [0.29, 0.717) is 24.0 Å². The molecule has 3 saturated carbocycles. The predicted octanol–water partition coefficient (Wildman–Crippen LogP) is 3.99. The molecule has 0 aliphatic heterocycles. The number of aromatic nitrogens is 3. The fourth-order valence-electron chi connectivity index (χ4n) is 4.83. The Morgan fingerprint density at radius 1 is 1.28 bits per heavy atom. The minimum Gasteiger partial charge on any atom is -0.396 e. The van der Waals surface area contributed by atoms with Crippen LogP contribution in [0.2, 0.25) is 0 Å². The monoisotopic (exact) mass is 428 g/mol. The van der Waals surface area contributed by atoms with Crippen molar-refractivity contribution in [2.75, 3.05) is 25.2 Å². The van der Waals surface area contributed by atoms with E-state index in [4.69, 9.17) is 15.5 Å². The Labute approximate surface area is 176 Å². The third kappa shape index (κ3) is 3.37. The molecule has 0 aromatic carbocycles. The van der Waals surface area contributed by atoms with Crippen molar-refractivity contribution in [2.24, 2.45) is 11.8 Å². The molecular formula is C21H24N4O2S2. The van der Waals surface area contributed by atoms with Gasteiger partial charge in [0.15, 0.2) is 0 Å². The lowest BCUT2D eigenvalue weighted by Crippen LogP contribution is -2.34. The maximum Gasteiger partial charge on any atom is 0.127 e. The van der Waals surface area contributed by atoms with Crippen molar-refractivity contribution >= 4 is 38.0 Å². The predicted molar refractivity (Wildman–Crippen MR) is 116 cm³/mol. The smallest absolute Gasteiger partial charge is 0.127 e. The van der Waals surface area contributed by atoms with E-state index in [-0.39, 0.29) is 0 Å². The molecule has 3 aromatic heterocycles. The molecule has 2 bridgehead atoms. The van der Waals surface area contributed by atoms with E-state index in [1.807, 2.05) is 0 Å². The first-order valence-electron chi connectivity index (χ1n) is 10.0. The normalized spacial score (nSPS) is 24.4. The molecule has 6 nitrogen and oxygen atoms in total. The number of fused-ring (bicyclic) bond motifs is 3. The van der Waals surface area contributed by atoms with Gasteiger partial charge in [0, 0.05) is 30.5 Å². The number of thiophene rings is 1. The van der Waals surface area contributed by atoms with Gasteiger partial charge in [0.05, 0.1) is 34.5 Å². The highest BCUT2D eigenvalue weighted by Gasteiger charge is 2.41. The zero-order valence-electron chi connectivity index (χ0n) is 16.3. The van der Waals surface area contributed by atoms with Crippen molar-refractivity contribution in [3.05, 3.63) is 30.4 Å².